The number of likely N-dealkylation sites (tertiary alicyclic amines) is 1. The van der Waals surface area contributed by atoms with Crippen LogP contribution in [-0.4, -0.2) is 47.7 Å². The number of hydrogen-bond acceptors (Lipinski definition) is 3. The molecule has 2 aromatic rings. The summed E-state index contributed by atoms with van der Waals surface area (Å²) in [6.45, 7) is 14.7. The van der Waals surface area contributed by atoms with Crippen LogP contribution in [0.3, 0.4) is 0 Å². The maximum Gasteiger partial charge on any atom is 0.320 e. The summed E-state index contributed by atoms with van der Waals surface area (Å²) in [6, 6.07) is 18.7. The molecule has 2 aliphatic rings. The summed E-state index contributed by atoms with van der Waals surface area (Å²) >= 11 is 0. The summed E-state index contributed by atoms with van der Waals surface area (Å²) in [5.41, 5.74) is 3.46. The van der Waals surface area contributed by atoms with E-state index >= 15 is 0 Å². The smallest absolute Gasteiger partial charge is 0.320 e. The average molecular weight is 516 g/mol. The lowest BCUT2D eigenvalue weighted by Gasteiger charge is -2.35. The van der Waals surface area contributed by atoms with E-state index in [9.17, 15) is 9.90 Å². The van der Waals surface area contributed by atoms with Crippen molar-refractivity contribution in [1.29, 1.82) is 0 Å². The summed E-state index contributed by atoms with van der Waals surface area (Å²) in [7, 11) is 0. The summed E-state index contributed by atoms with van der Waals surface area (Å²) in [4.78, 5) is 18.1. The molecule has 5 heteroatoms. The zero-order valence-corrected chi connectivity index (χ0v) is 23.2. The highest BCUT2D eigenvalue weighted by atomic mass is 16.4. The van der Waals surface area contributed by atoms with Gasteiger partial charge < -0.3 is 15.3 Å². The van der Waals surface area contributed by atoms with Crippen LogP contribution in [0.5, 0.6) is 0 Å². The van der Waals surface area contributed by atoms with Gasteiger partial charge in [0.15, 0.2) is 5.69 Å². The number of nitrogens with one attached hydrogen (secondary N) is 1. The minimum atomic E-state index is -0.721. The Hall–Kier alpha value is -2.68. The van der Waals surface area contributed by atoms with Gasteiger partial charge in [-0.15, -0.1) is 0 Å². The first-order valence-electron chi connectivity index (χ1n) is 14.6. The van der Waals surface area contributed by atoms with Crippen LogP contribution >= 0.6 is 0 Å². The van der Waals surface area contributed by atoms with Crippen molar-refractivity contribution in [2.24, 2.45) is 17.8 Å². The first-order chi connectivity index (χ1) is 18.4. The average Bonchev–Trinajstić information content (AvgIpc) is 3.32. The summed E-state index contributed by atoms with van der Waals surface area (Å²) in [6.07, 6.45) is 8.89. The number of nitrogens with zero attached hydrogens (tertiary/aromatic N) is 2. The monoisotopic (exact) mass is 515 g/mol. The van der Waals surface area contributed by atoms with Crippen molar-refractivity contribution in [1.82, 2.24) is 10.2 Å². The van der Waals surface area contributed by atoms with E-state index in [0.29, 0.717) is 24.2 Å². The Morgan fingerprint density at radius 3 is 2.42 bits per heavy atom. The van der Waals surface area contributed by atoms with Crippen LogP contribution in [0, 0.1) is 24.3 Å². The van der Waals surface area contributed by atoms with Gasteiger partial charge in [0.25, 0.3) is 0 Å². The number of rotatable bonds is 12. The minimum Gasteiger partial charge on any atom is -0.480 e. The summed E-state index contributed by atoms with van der Waals surface area (Å²) in [5, 5.41) is 13.3. The fraction of sp³-hybridized carbons (Fsp3) is 0.576. The molecule has 0 radical (unpaired) electrons. The van der Waals surface area contributed by atoms with Gasteiger partial charge in [-0.1, -0.05) is 80.4 Å². The van der Waals surface area contributed by atoms with Gasteiger partial charge in [-0.3, -0.25) is 4.79 Å². The molecule has 1 aliphatic carbocycles. The molecule has 1 aliphatic heterocycles. The number of benzene rings is 2. The second-order valence-electron chi connectivity index (χ2n) is 12.0. The van der Waals surface area contributed by atoms with Gasteiger partial charge in [0.1, 0.15) is 6.04 Å². The van der Waals surface area contributed by atoms with E-state index in [0.717, 1.165) is 37.4 Å². The zero-order chi connectivity index (χ0) is 26.9. The molecule has 204 valence electrons. The van der Waals surface area contributed by atoms with Crippen molar-refractivity contribution in [3.63, 3.8) is 0 Å². The predicted octanol–water partition coefficient (Wildman–Crippen LogP) is 6.92. The van der Waals surface area contributed by atoms with Gasteiger partial charge in [0.2, 0.25) is 0 Å². The third-order valence-electron chi connectivity index (χ3n) is 8.71. The van der Waals surface area contributed by atoms with Crippen molar-refractivity contribution < 1.29 is 9.90 Å². The molecule has 1 saturated heterocycles. The lowest BCUT2D eigenvalue weighted by atomic mass is 9.87. The molecular formula is C33H45N3O2. The predicted molar refractivity (Wildman–Crippen MR) is 155 cm³/mol. The quantitative estimate of drug-likeness (QED) is 0.301. The van der Waals surface area contributed by atoms with Crippen LogP contribution in [-0.2, 0) is 11.2 Å². The SMILES string of the molecule is [C-]#[N+]c1ccc(CCCC2CCN(CC3CC(NC(CC(C)C)C(=O)O)CC3c3ccccc3)CC2)cc1. The summed E-state index contributed by atoms with van der Waals surface area (Å²) in [5.74, 6) is 1.48. The molecule has 0 amide bonds. The molecule has 1 heterocycles. The Balaban J connectivity index is 1.28. The van der Waals surface area contributed by atoms with E-state index in [1.54, 1.807) is 0 Å². The molecule has 2 fully saturated rings. The Morgan fingerprint density at radius 2 is 1.79 bits per heavy atom. The second kappa shape index (κ2) is 13.9. The van der Waals surface area contributed by atoms with Gasteiger partial charge in [-0.05, 0) is 87.3 Å². The molecule has 0 spiro atoms. The van der Waals surface area contributed by atoms with E-state index in [1.165, 1.54) is 49.9 Å². The zero-order valence-electron chi connectivity index (χ0n) is 23.2. The number of carboxylic acids is 1. The van der Waals surface area contributed by atoms with Gasteiger partial charge >= 0.3 is 5.97 Å². The molecule has 1 saturated carbocycles. The molecule has 4 atom stereocenters. The number of hydrogen-bond donors (Lipinski definition) is 2. The molecule has 0 bridgehead atoms. The maximum absolute atomic E-state index is 11.9. The minimum absolute atomic E-state index is 0.256. The highest BCUT2D eigenvalue weighted by Crippen LogP contribution is 2.41. The Labute approximate surface area is 229 Å². The molecule has 5 nitrogen and oxygen atoms in total. The molecular weight excluding hydrogens is 470 g/mol. The van der Waals surface area contributed by atoms with Gasteiger partial charge in [0.05, 0.1) is 6.57 Å². The Morgan fingerprint density at radius 1 is 1.08 bits per heavy atom. The second-order valence-corrected chi connectivity index (χ2v) is 12.0. The van der Waals surface area contributed by atoms with Crippen LogP contribution < -0.4 is 5.32 Å². The van der Waals surface area contributed by atoms with Crippen molar-refractivity contribution in [3.8, 4) is 0 Å². The molecule has 0 aromatic heterocycles. The number of piperidine rings is 1. The fourth-order valence-electron chi connectivity index (χ4n) is 6.69. The number of aliphatic carboxylic acids is 1. The van der Waals surface area contributed by atoms with Crippen molar-refractivity contribution >= 4 is 11.7 Å². The number of carboxylic acid groups (broad SMARTS) is 1. The van der Waals surface area contributed by atoms with Crippen molar-refractivity contribution in [2.45, 2.75) is 83.2 Å². The molecule has 4 rings (SSSR count). The molecule has 38 heavy (non-hydrogen) atoms. The van der Waals surface area contributed by atoms with E-state index < -0.39 is 12.0 Å². The number of aryl methyl sites for hydroxylation is 1. The summed E-state index contributed by atoms with van der Waals surface area (Å²) < 4.78 is 0. The van der Waals surface area contributed by atoms with Crippen LogP contribution in [0.15, 0.2) is 54.6 Å². The Bertz CT molecular complexity index is 1040. The van der Waals surface area contributed by atoms with Crippen molar-refractivity contribution in [2.75, 3.05) is 19.6 Å². The highest BCUT2D eigenvalue weighted by molar-refractivity contribution is 5.73. The van der Waals surface area contributed by atoms with Gasteiger partial charge in [-0.25, -0.2) is 4.85 Å². The number of carbonyl (C=O) groups is 1. The van der Waals surface area contributed by atoms with E-state index in [1.807, 2.05) is 12.1 Å². The topological polar surface area (TPSA) is 56.9 Å². The van der Waals surface area contributed by atoms with Crippen molar-refractivity contribution in [3.05, 3.63) is 77.1 Å². The van der Waals surface area contributed by atoms with E-state index in [2.05, 4.69) is 71.4 Å². The van der Waals surface area contributed by atoms with Crippen LogP contribution in [0.25, 0.3) is 4.85 Å². The first-order valence-corrected chi connectivity index (χ1v) is 14.6. The highest BCUT2D eigenvalue weighted by Gasteiger charge is 2.38. The van der Waals surface area contributed by atoms with Crippen LogP contribution in [0.1, 0.15) is 75.8 Å². The standard InChI is InChI=1S/C33H45N3O2/c1-24(2)20-32(33(37)38)35-30-21-28(31(22-30)27-10-5-4-6-11-27)23-36-18-16-26(17-19-36)9-7-8-25-12-14-29(34-3)15-13-25/h4-6,10-15,24,26,28,30-32,35H,7-9,16-23H2,1-2H3,(H,37,38). The van der Waals surface area contributed by atoms with Gasteiger partial charge in [0, 0.05) is 12.6 Å². The molecule has 2 aromatic carbocycles. The molecule has 4 unspecified atom stereocenters. The lowest BCUT2D eigenvalue weighted by Crippen LogP contribution is -2.43. The third kappa shape index (κ3) is 8.16. The normalized spacial score (nSPS) is 23.4. The van der Waals surface area contributed by atoms with E-state index in [-0.39, 0.29) is 6.04 Å². The lowest BCUT2D eigenvalue weighted by molar-refractivity contribution is -0.140. The third-order valence-corrected chi connectivity index (χ3v) is 8.71. The largest absolute Gasteiger partial charge is 0.480 e. The van der Waals surface area contributed by atoms with Crippen LogP contribution in [0.4, 0.5) is 5.69 Å². The maximum atomic E-state index is 11.9. The van der Waals surface area contributed by atoms with E-state index in [4.69, 9.17) is 6.57 Å². The molecule has 2 N–H and O–H groups in total. The fourth-order valence-corrected chi connectivity index (χ4v) is 6.69. The van der Waals surface area contributed by atoms with Gasteiger partial charge in [-0.2, -0.15) is 0 Å². The Kier molecular flexibility index (Phi) is 10.4. The first kappa shape index (κ1) is 28.3. The van der Waals surface area contributed by atoms with Crippen LogP contribution in [0.2, 0.25) is 0 Å².